The summed E-state index contributed by atoms with van der Waals surface area (Å²) >= 11 is 6.19. The van der Waals surface area contributed by atoms with Crippen LogP contribution in [-0.4, -0.2) is 37.0 Å². The fraction of sp³-hybridized carbons (Fsp3) is 0.444. The van der Waals surface area contributed by atoms with Crippen molar-refractivity contribution in [3.05, 3.63) is 52.8 Å². The van der Waals surface area contributed by atoms with Crippen molar-refractivity contribution >= 4 is 22.6 Å². The van der Waals surface area contributed by atoms with Crippen LogP contribution in [0.1, 0.15) is 38.4 Å². The van der Waals surface area contributed by atoms with Crippen molar-refractivity contribution in [2.45, 2.75) is 43.8 Å². The van der Waals surface area contributed by atoms with E-state index in [1.54, 1.807) is 20.8 Å². The van der Waals surface area contributed by atoms with E-state index in [0.29, 0.717) is 0 Å². The Labute approximate surface area is 178 Å². The quantitative estimate of drug-likeness (QED) is 0.602. The van der Waals surface area contributed by atoms with Crippen LogP contribution in [0, 0.1) is 5.82 Å². The zero-order chi connectivity index (χ0) is 22.7. The van der Waals surface area contributed by atoms with Gasteiger partial charge in [-0.05, 0) is 44.9 Å². The third kappa shape index (κ3) is 5.65. The van der Waals surface area contributed by atoms with Gasteiger partial charge in [0.05, 0.1) is 15.7 Å². The average Bonchev–Trinajstić information content (AvgIpc) is 2.61. The zero-order valence-electron chi connectivity index (χ0n) is 16.3. The van der Waals surface area contributed by atoms with E-state index >= 15 is 0 Å². The number of aliphatic hydroxyl groups excluding tert-OH is 1. The van der Waals surface area contributed by atoms with Crippen molar-refractivity contribution in [3.8, 4) is 5.75 Å². The first-order valence-corrected chi connectivity index (χ1v) is 10.2. The molecule has 0 amide bonds. The first kappa shape index (κ1) is 24.4. The number of hydrogen-bond donors (Lipinski definition) is 2. The predicted molar refractivity (Wildman–Crippen MR) is 104 cm³/mol. The van der Waals surface area contributed by atoms with E-state index in [9.17, 15) is 26.9 Å². The molecule has 1 heterocycles. The Morgan fingerprint density at radius 3 is 2.33 bits per heavy atom. The lowest BCUT2D eigenvalue weighted by molar-refractivity contribution is -0.275. The van der Waals surface area contributed by atoms with Gasteiger partial charge in [0.2, 0.25) is 0 Å². The number of halogens is 5. The van der Waals surface area contributed by atoms with Gasteiger partial charge >= 0.3 is 6.36 Å². The van der Waals surface area contributed by atoms with Crippen molar-refractivity contribution in [1.29, 1.82) is 0 Å². The van der Waals surface area contributed by atoms with Crippen LogP contribution >= 0.6 is 11.6 Å². The van der Waals surface area contributed by atoms with Gasteiger partial charge in [0.1, 0.15) is 11.2 Å². The summed E-state index contributed by atoms with van der Waals surface area (Å²) in [6.07, 6.45) is -2.65. The summed E-state index contributed by atoms with van der Waals surface area (Å²) in [5.41, 5.74) is -1.55. The van der Waals surface area contributed by atoms with Crippen LogP contribution in [0.3, 0.4) is 0 Å². The molecule has 0 radical (unpaired) electrons. The van der Waals surface area contributed by atoms with Crippen molar-refractivity contribution in [1.82, 2.24) is 14.7 Å². The Balaban J connectivity index is 2.70. The van der Waals surface area contributed by atoms with Gasteiger partial charge in [-0.25, -0.2) is 18.3 Å². The second kappa shape index (κ2) is 9.13. The molecule has 0 fully saturated rings. The summed E-state index contributed by atoms with van der Waals surface area (Å²) < 4.78 is 70.6. The minimum atomic E-state index is -5.08. The maximum absolute atomic E-state index is 14.5. The average molecular weight is 470 g/mol. The highest BCUT2D eigenvalue weighted by Gasteiger charge is 2.42. The normalized spacial score (nSPS) is 15.5. The molecule has 0 saturated heterocycles. The molecular weight excluding hydrogens is 450 g/mol. The van der Waals surface area contributed by atoms with Crippen molar-refractivity contribution < 1.29 is 31.6 Å². The van der Waals surface area contributed by atoms with Crippen LogP contribution in [0.15, 0.2) is 30.6 Å². The highest BCUT2D eigenvalue weighted by Crippen LogP contribution is 2.38. The molecule has 2 aromatic rings. The number of alkyl halides is 3. The molecule has 30 heavy (non-hydrogen) atoms. The van der Waals surface area contributed by atoms with Gasteiger partial charge < -0.3 is 9.84 Å². The van der Waals surface area contributed by atoms with Crippen LogP contribution in [0.2, 0.25) is 5.15 Å². The second-order valence-electron chi connectivity index (χ2n) is 7.25. The third-order valence-corrected chi connectivity index (χ3v) is 5.94. The molecule has 0 aliphatic rings. The standard InChI is InChI=1S/C18H20ClF4N3O3S/c1-16(2,3)30(28)26-17(6-9-27,14-15(19)25-8-7-24-14)11-4-5-13(12(20)10-11)29-18(21,22)23/h4-5,7-8,10,26-27H,6,9H2,1-3H3/t17-,30?/m0/s1. The predicted octanol–water partition coefficient (Wildman–Crippen LogP) is 3.85. The van der Waals surface area contributed by atoms with E-state index in [1.807, 2.05) is 0 Å². The van der Waals surface area contributed by atoms with Crippen molar-refractivity contribution in [3.63, 3.8) is 0 Å². The molecule has 0 spiro atoms. The summed E-state index contributed by atoms with van der Waals surface area (Å²) in [6.45, 7) is 4.57. The fourth-order valence-electron chi connectivity index (χ4n) is 2.62. The minimum absolute atomic E-state index is 0.0298. The van der Waals surface area contributed by atoms with Crippen LogP contribution in [0.25, 0.3) is 0 Å². The molecule has 2 N–H and O–H groups in total. The van der Waals surface area contributed by atoms with Crippen LogP contribution in [-0.2, 0) is 16.5 Å². The Morgan fingerprint density at radius 2 is 1.83 bits per heavy atom. The number of benzene rings is 1. The minimum Gasteiger partial charge on any atom is -0.403 e. The number of hydrogen-bond acceptors (Lipinski definition) is 5. The van der Waals surface area contributed by atoms with Gasteiger partial charge in [-0.3, -0.25) is 4.98 Å². The summed E-state index contributed by atoms with van der Waals surface area (Å²) in [6, 6.07) is 2.72. The summed E-state index contributed by atoms with van der Waals surface area (Å²) in [5, 5.41) is 9.60. The summed E-state index contributed by atoms with van der Waals surface area (Å²) in [5.74, 6) is -2.35. The topological polar surface area (TPSA) is 84.3 Å². The van der Waals surface area contributed by atoms with E-state index in [2.05, 4.69) is 19.4 Å². The molecule has 0 bridgehead atoms. The molecular formula is C18H20ClF4N3O3S. The first-order chi connectivity index (χ1) is 13.8. The molecule has 1 unspecified atom stereocenters. The van der Waals surface area contributed by atoms with Gasteiger partial charge in [0.15, 0.2) is 16.7 Å². The van der Waals surface area contributed by atoms with E-state index in [4.69, 9.17) is 11.6 Å². The molecule has 166 valence electrons. The van der Waals surface area contributed by atoms with Crippen LogP contribution in [0.5, 0.6) is 5.75 Å². The molecule has 2 rings (SSSR count). The van der Waals surface area contributed by atoms with E-state index in [-0.39, 0.29) is 22.8 Å². The van der Waals surface area contributed by atoms with Gasteiger partial charge in [-0.15, -0.1) is 13.2 Å². The largest absolute Gasteiger partial charge is 0.573 e. The van der Waals surface area contributed by atoms with Crippen LogP contribution in [0.4, 0.5) is 17.6 Å². The molecule has 1 aromatic heterocycles. The maximum atomic E-state index is 14.5. The third-order valence-electron chi connectivity index (χ3n) is 4.02. The molecule has 0 aliphatic heterocycles. The Hall–Kier alpha value is -1.82. The Kier molecular flexibility index (Phi) is 7.44. The van der Waals surface area contributed by atoms with Gasteiger partial charge in [0, 0.05) is 19.0 Å². The molecule has 6 nitrogen and oxygen atoms in total. The SMILES string of the molecule is CC(C)(C)S(=O)N[C@@](CCO)(c1ccc(OC(F)(F)F)c(F)c1)c1nccnc1Cl. The fourth-order valence-corrected chi connectivity index (χ4v) is 3.82. The zero-order valence-corrected chi connectivity index (χ0v) is 17.8. The number of aliphatic hydroxyl groups is 1. The van der Waals surface area contributed by atoms with Crippen LogP contribution < -0.4 is 9.46 Å². The number of nitrogens with zero attached hydrogens (tertiary/aromatic N) is 2. The first-order valence-electron chi connectivity index (χ1n) is 8.63. The summed E-state index contributed by atoms with van der Waals surface area (Å²) in [7, 11) is -1.77. The van der Waals surface area contributed by atoms with E-state index < -0.39 is 45.8 Å². The lowest BCUT2D eigenvalue weighted by Crippen LogP contribution is -2.50. The monoisotopic (exact) mass is 469 g/mol. The van der Waals surface area contributed by atoms with E-state index in [0.717, 1.165) is 18.2 Å². The van der Waals surface area contributed by atoms with Gasteiger partial charge in [0.25, 0.3) is 0 Å². The summed E-state index contributed by atoms with van der Waals surface area (Å²) in [4.78, 5) is 8.08. The van der Waals surface area contributed by atoms with Crippen molar-refractivity contribution in [2.75, 3.05) is 6.61 Å². The maximum Gasteiger partial charge on any atom is 0.573 e. The Bertz CT molecular complexity index is 924. The molecule has 2 atom stereocenters. The lowest BCUT2D eigenvalue weighted by atomic mass is 9.84. The number of rotatable bonds is 7. The van der Waals surface area contributed by atoms with E-state index in [1.165, 1.54) is 12.4 Å². The molecule has 12 heteroatoms. The number of aromatic nitrogens is 2. The van der Waals surface area contributed by atoms with Crippen molar-refractivity contribution in [2.24, 2.45) is 0 Å². The van der Waals surface area contributed by atoms with Gasteiger partial charge in [-0.2, -0.15) is 0 Å². The molecule has 0 saturated carbocycles. The highest BCUT2D eigenvalue weighted by molar-refractivity contribution is 7.84. The second-order valence-corrected chi connectivity index (χ2v) is 9.58. The highest BCUT2D eigenvalue weighted by atomic mass is 35.5. The molecule has 1 aromatic carbocycles. The Morgan fingerprint density at radius 1 is 1.20 bits per heavy atom. The smallest absolute Gasteiger partial charge is 0.403 e. The number of nitrogens with one attached hydrogen (secondary N) is 1. The molecule has 0 aliphatic carbocycles. The lowest BCUT2D eigenvalue weighted by Gasteiger charge is -2.36. The van der Waals surface area contributed by atoms with Gasteiger partial charge in [-0.1, -0.05) is 17.7 Å². The number of ether oxygens (including phenoxy) is 1.